The van der Waals surface area contributed by atoms with E-state index >= 15 is 0 Å². The Bertz CT molecular complexity index is 803. The molecule has 0 radical (unpaired) electrons. The molecule has 0 spiro atoms. The minimum atomic E-state index is -0.616. The third kappa shape index (κ3) is 4.80. The van der Waals surface area contributed by atoms with Crippen LogP contribution in [-0.2, 0) is 0 Å². The number of hydrogen-bond donors (Lipinski definition) is 1. The summed E-state index contributed by atoms with van der Waals surface area (Å²) >= 11 is 1.40. The molecule has 2 aromatic carbocycles. The summed E-state index contributed by atoms with van der Waals surface area (Å²) in [5.41, 5.74) is 3.24. The van der Waals surface area contributed by atoms with Gasteiger partial charge in [0.15, 0.2) is 0 Å². The molecule has 0 fully saturated rings. The van der Waals surface area contributed by atoms with Gasteiger partial charge in [0.05, 0.1) is 11.8 Å². The lowest BCUT2D eigenvalue weighted by atomic mass is 10.2. The van der Waals surface area contributed by atoms with Crippen molar-refractivity contribution in [2.75, 3.05) is 12.4 Å². The number of aliphatic hydroxyl groups excluding tert-OH is 1. The van der Waals surface area contributed by atoms with Crippen molar-refractivity contribution >= 4 is 11.8 Å². The molecule has 25 heavy (non-hydrogen) atoms. The van der Waals surface area contributed by atoms with Gasteiger partial charge in [-0.15, -0.1) is 5.10 Å². The third-order valence-electron chi connectivity index (χ3n) is 3.59. The van der Waals surface area contributed by atoms with Crippen molar-refractivity contribution < 1.29 is 9.84 Å². The predicted octanol–water partition coefficient (Wildman–Crippen LogP) is 2.81. The minimum absolute atomic E-state index is 0.224. The number of aliphatic hydroxyl groups is 1. The van der Waals surface area contributed by atoms with E-state index in [4.69, 9.17) is 4.74 Å². The first kappa shape index (κ1) is 17.4. The zero-order chi connectivity index (χ0) is 17.6. The van der Waals surface area contributed by atoms with Gasteiger partial charge < -0.3 is 9.84 Å². The summed E-state index contributed by atoms with van der Waals surface area (Å²) in [6, 6.07) is 15.7. The Morgan fingerprint density at radius 2 is 1.68 bits per heavy atom. The number of rotatable bonds is 7. The van der Waals surface area contributed by atoms with Crippen LogP contribution >= 0.6 is 11.8 Å². The van der Waals surface area contributed by atoms with Gasteiger partial charge in [0, 0.05) is 5.75 Å². The van der Waals surface area contributed by atoms with Crippen molar-refractivity contribution in [1.29, 1.82) is 0 Å². The van der Waals surface area contributed by atoms with Gasteiger partial charge >= 0.3 is 0 Å². The van der Waals surface area contributed by atoms with Crippen LogP contribution in [0.1, 0.15) is 11.1 Å². The maximum absolute atomic E-state index is 10.1. The van der Waals surface area contributed by atoms with E-state index in [1.54, 1.807) is 4.68 Å². The molecule has 3 aromatic rings. The Kier molecular flexibility index (Phi) is 5.67. The van der Waals surface area contributed by atoms with Crippen LogP contribution in [0, 0.1) is 13.8 Å². The second-order valence-electron chi connectivity index (χ2n) is 5.80. The minimum Gasteiger partial charge on any atom is -0.491 e. The lowest BCUT2D eigenvalue weighted by Gasteiger charge is -2.12. The summed E-state index contributed by atoms with van der Waals surface area (Å²) in [4.78, 5) is 0. The normalized spacial score (nSPS) is 12.1. The molecule has 130 valence electrons. The van der Waals surface area contributed by atoms with E-state index < -0.39 is 6.10 Å². The summed E-state index contributed by atoms with van der Waals surface area (Å²) in [6.45, 7) is 4.28. The second-order valence-corrected chi connectivity index (χ2v) is 6.78. The molecule has 0 saturated carbocycles. The van der Waals surface area contributed by atoms with Crippen LogP contribution in [0.5, 0.6) is 5.75 Å². The molecule has 6 nitrogen and oxygen atoms in total. The highest BCUT2D eigenvalue weighted by Gasteiger charge is 2.12. The highest BCUT2D eigenvalue weighted by molar-refractivity contribution is 7.99. The Balaban J connectivity index is 1.54. The zero-order valence-electron chi connectivity index (χ0n) is 14.2. The first-order valence-electron chi connectivity index (χ1n) is 7.97. The molecule has 3 rings (SSSR count). The predicted molar refractivity (Wildman–Crippen MR) is 97.3 cm³/mol. The Morgan fingerprint density at radius 1 is 1.04 bits per heavy atom. The average Bonchev–Trinajstić information content (AvgIpc) is 3.09. The van der Waals surface area contributed by atoms with Gasteiger partial charge in [-0.25, -0.2) is 0 Å². The molecule has 7 heteroatoms. The molecule has 0 aliphatic heterocycles. The molecule has 1 aromatic heterocycles. The fourth-order valence-electron chi connectivity index (χ4n) is 2.16. The molecule has 1 atom stereocenters. The van der Waals surface area contributed by atoms with Gasteiger partial charge in [-0.1, -0.05) is 47.2 Å². The second kappa shape index (κ2) is 8.13. The molecule has 0 amide bonds. The van der Waals surface area contributed by atoms with E-state index in [2.05, 4.69) is 15.5 Å². The zero-order valence-corrected chi connectivity index (χ0v) is 15.0. The molecule has 0 unspecified atom stereocenters. The van der Waals surface area contributed by atoms with Crippen LogP contribution in [0.3, 0.4) is 0 Å². The van der Waals surface area contributed by atoms with Gasteiger partial charge in [0.1, 0.15) is 12.4 Å². The maximum Gasteiger partial charge on any atom is 0.214 e. The van der Waals surface area contributed by atoms with Crippen LogP contribution in [0.4, 0.5) is 0 Å². The van der Waals surface area contributed by atoms with E-state index in [0.717, 1.165) is 11.4 Å². The lowest BCUT2D eigenvalue weighted by Crippen LogP contribution is -2.20. The summed E-state index contributed by atoms with van der Waals surface area (Å²) < 4.78 is 7.26. The number of ether oxygens (including phenoxy) is 1. The van der Waals surface area contributed by atoms with Crippen molar-refractivity contribution in [3.8, 4) is 11.4 Å². The van der Waals surface area contributed by atoms with E-state index in [9.17, 15) is 5.11 Å². The standard InChI is InChI=1S/C18H20N4O2S/c1-13-3-7-15(8-4-13)22-18(19-20-21-22)25-12-16(23)11-24-17-9-5-14(2)6-10-17/h3-10,16,23H,11-12H2,1-2H3/t16-/m0/s1. The van der Waals surface area contributed by atoms with Gasteiger partial charge in [0.25, 0.3) is 0 Å². The molecule has 0 aliphatic carbocycles. The average molecular weight is 356 g/mol. The molecule has 1 heterocycles. The highest BCUT2D eigenvalue weighted by Crippen LogP contribution is 2.20. The van der Waals surface area contributed by atoms with Crippen LogP contribution in [0.25, 0.3) is 5.69 Å². The quantitative estimate of drug-likeness (QED) is 0.656. The van der Waals surface area contributed by atoms with Gasteiger partial charge in [0.2, 0.25) is 5.16 Å². The van der Waals surface area contributed by atoms with E-state index in [1.165, 1.54) is 22.9 Å². The summed E-state index contributed by atoms with van der Waals surface area (Å²) in [7, 11) is 0. The number of benzene rings is 2. The van der Waals surface area contributed by atoms with E-state index in [0.29, 0.717) is 10.9 Å². The molecular formula is C18H20N4O2S. The highest BCUT2D eigenvalue weighted by atomic mass is 32.2. The van der Waals surface area contributed by atoms with Crippen molar-refractivity contribution in [1.82, 2.24) is 20.2 Å². The molecule has 0 bridgehead atoms. The smallest absolute Gasteiger partial charge is 0.214 e. The van der Waals surface area contributed by atoms with Crippen LogP contribution < -0.4 is 4.74 Å². The maximum atomic E-state index is 10.1. The molecule has 1 N–H and O–H groups in total. The van der Waals surface area contributed by atoms with E-state index in [1.807, 2.05) is 62.4 Å². The monoisotopic (exact) mass is 356 g/mol. The Morgan fingerprint density at radius 3 is 2.36 bits per heavy atom. The largest absolute Gasteiger partial charge is 0.491 e. The number of tetrazole rings is 1. The fourth-order valence-corrected chi connectivity index (χ4v) is 2.96. The first-order valence-corrected chi connectivity index (χ1v) is 8.96. The summed E-state index contributed by atoms with van der Waals surface area (Å²) in [6.07, 6.45) is -0.616. The molecule has 0 saturated heterocycles. The Hall–Kier alpha value is -2.38. The lowest BCUT2D eigenvalue weighted by molar-refractivity contribution is 0.126. The number of hydrogen-bond acceptors (Lipinski definition) is 6. The summed E-state index contributed by atoms with van der Waals surface area (Å²) in [5, 5.41) is 22.6. The topological polar surface area (TPSA) is 73.1 Å². The van der Waals surface area contributed by atoms with E-state index in [-0.39, 0.29) is 6.61 Å². The van der Waals surface area contributed by atoms with Crippen molar-refractivity contribution in [2.24, 2.45) is 0 Å². The molecule has 0 aliphatic rings. The summed E-state index contributed by atoms with van der Waals surface area (Å²) in [5.74, 6) is 1.19. The van der Waals surface area contributed by atoms with Crippen molar-refractivity contribution in [3.05, 3.63) is 59.7 Å². The van der Waals surface area contributed by atoms with Gasteiger partial charge in [-0.2, -0.15) is 4.68 Å². The SMILES string of the molecule is Cc1ccc(OC[C@H](O)CSc2nnnn2-c2ccc(C)cc2)cc1. The first-order chi connectivity index (χ1) is 12.1. The number of thioether (sulfide) groups is 1. The number of aromatic nitrogens is 4. The van der Waals surface area contributed by atoms with Crippen LogP contribution in [0.15, 0.2) is 53.7 Å². The number of nitrogens with zero attached hydrogens (tertiary/aromatic N) is 4. The van der Waals surface area contributed by atoms with Gasteiger partial charge in [-0.3, -0.25) is 0 Å². The van der Waals surface area contributed by atoms with Crippen LogP contribution in [0.2, 0.25) is 0 Å². The van der Waals surface area contributed by atoms with Crippen LogP contribution in [-0.4, -0.2) is 43.8 Å². The number of aryl methyl sites for hydroxylation is 2. The van der Waals surface area contributed by atoms with Gasteiger partial charge in [-0.05, 0) is 48.5 Å². The fraction of sp³-hybridized carbons (Fsp3) is 0.278. The Labute approximate surface area is 150 Å². The van der Waals surface area contributed by atoms with Crippen molar-refractivity contribution in [3.63, 3.8) is 0 Å². The third-order valence-corrected chi connectivity index (χ3v) is 4.65. The molecular weight excluding hydrogens is 336 g/mol. The van der Waals surface area contributed by atoms with Crippen molar-refractivity contribution in [2.45, 2.75) is 25.1 Å².